The van der Waals surface area contributed by atoms with Crippen molar-refractivity contribution in [3.8, 4) is 5.75 Å². The third-order valence-electron chi connectivity index (χ3n) is 4.17. The summed E-state index contributed by atoms with van der Waals surface area (Å²) in [6.07, 6.45) is 2.24. The summed E-state index contributed by atoms with van der Waals surface area (Å²) in [7, 11) is 0. The zero-order chi connectivity index (χ0) is 15.6. The number of fused-ring (bicyclic) bond motifs is 1. The summed E-state index contributed by atoms with van der Waals surface area (Å²) in [5, 5.41) is 0.960. The van der Waals surface area contributed by atoms with Gasteiger partial charge in [0.05, 0.1) is 32.5 Å². The van der Waals surface area contributed by atoms with E-state index in [2.05, 4.69) is 0 Å². The number of carbonyl (C=O) groups excluding carboxylic acids is 1. The molecule has 0 saturated carbocycles. The highest BCUT2D eigenvalue weighted by atomic mass is 16.6. The molecule has 1 aromatic carbocycles. The summed E-state index contributed by atoms with van der Waals surface area (Å²) in [5.41, 5.74) is 1.65. The van der Waals surface area contributed by atoms with Crippen LogP contribution in [0.5, 0.6) is 5.75 Å². The Balaban J connectivity index is 1.45. The summed E-state index contributed by atoms with van der Waals surface area (Å²) < 4.78 is 21.6. The molecule has 0 N–H and O–H groups in total. The van der Waals surface area contributed by atoms with Gasteiger partial charge in [-0.25, -0.2) is 0 Å². The first kappa shape index (κ1) is 14.5. The molecular weight excluding hydrogens is 298 g/mol. The minimum atomic E-state index is 0.113. The summed E-state index contributed by atoms with van der Waals surface area (Å²) in [6, 6.07) is 5.72. The Morgan fingerprint density at radius 3 is 2.91 bits per heavy atom. The number of hydrogen-bond donors (Lipinski definition) is 0. The van der Waals surface area contributed by atoms with Crippen LogP contribution in [-0.2, 0) is 20.7 Å². The predicted molar refractivity (Wildman–Crippen MR) is 82.6 cm³/mol. The molecule has 1 unspecified atom stereocenters. The standard InChI is InChI=1S/C17H19NO5/c19-17(18-3-5-20-6-4-18)7-12-9-23-16-8-13(1-2-15(12)16)21-10-14-11-22-14/h1-2,8-9,14H,3-7,10-11H2. The molecule has 23 heavy (non-hydrogen) atoms. The first-order chi connectivity index (χ1) is 11.3. The van der Waals surface area contributed by atoms with E-state index in [1.54, 1.807) is 6.26 Å². The maximum Gasteiger partial charge on any atom is 0.227 e. The van der Waals surface area contributed by atoms with Crippen LogP contribution in [0.4, 0.5) is 0 Å². The molecule has 1 atom stereocenters. The lowest BCUT2D eigenvalue weighted by Gasteiger charge is -2.26. The lowest BCUT2D eigenvalue weighted by atomic mass is 10.1. The molecule has 1 amide bonds. The van der Waals surface area contributed by atoms with E-state index in [4.69, 9.17) is 18.6 Å². The average Bonchev–Trinajstić information content (AvgIpc) is 3.35. The molecule has 2 aliphatic heterocycles. The van der Waals surface area contributed by atoms with Crippen molar-refractivity contribution >= 4 is 16.9 Å². The van der Waals surface area contributed by atoms with Crippen molar-refractivity contribution in [1.29, 1.82) is 0 Å². The molecule has 0 spiro atoms. The Hall–Kier alpha value is -2.05. The quantitative estimate of drug-likeness (QED) is 0.784. The molecule has 2 aromatic rings. The molecule has 1 aromatic heterocycles. The topological polar surface area (TPSA) is 64.4 Å². The van der Waals surface area contributed by atoms with Crippen LogP contribution in [0.15, 0.2) is 28.9 Å². The van der Waals surface area contributed by atoms with E-state index >= 15 is 0 Å². The highest BCUT2D eigenvalue weighted by Gasteiger charge is 2.23. The Labute approximate surface area is 133 Å². The first-order valence-corrected chi connectivity index (χ1v) is 7.89. The van der Waals surface area contributed by atoms with Gasteiger partial charge < -0.3 is 23.5 Å². The number of carbonyl (C=O) groups is 1. The molecule has 2 fully saturated rings. The van der Waals surface area contributed by atoms with Crippen LogP contribution in [0, 0.1) is 0 Å². The number of amides is 1. The van der Waals surface area contributed by atoms with Crippen LogP contribution in [0.2, 0.25) is 0 Å². The minimum absolute atomic E-state index is 0.113. The molecule has 3 heterocycles. The molecular formula is C17H19NO5. The van der Waals surface area contributed by atoms with Crippen LogP contribution in [0.1, 0.15) is 5.56 Å². The summed E-state index contributed by atoms with van der Waals surface area (Å²) in [4.78, 5) is 14.2. The Bertz CT molecular complexity index is 700. The second kappa shape index (κ2) is 6.22. The lowest BCUT2D eigenvalue weighted by Crippen LogP contribution is -2.41. The van der Waals surface area contributed by atoms with Crippen molar-refractivity contribution in [2.75, 3.05) is 39.5 Å². The largest absolute Gasteiger partial charge is 0.491 e. The van der Waals surface area contributed by atoms with Gasteiger partial charge in [0.15, 0.2) is 0 Å². The maximum atomic E-state index is 12.4. The van der Waals surface area contributed by atoms with Gasteiger partial charge >= 0.3 is 0 Å². The van der Waals surface area contributed by atoms with E-state index in [0.29, 0.717) is 39.3 Å². The maximum absolute atomic E-state index is 12.4. The van der Waals surface area contributed by atoms with Crippen molar-refractivity contribution in [3.05, 3.63) is 30.0 Å². The number of furan rings is 1. The number of ether oxygens (including phenoxy) is 3. The number of hydrogen-bond acceptors (Lipinski definition) is 5. The average molecular weight is 317 g/mol. The van der Waals surface area contributed by atoms with Crippen LogP contribution in [-0.4, -0.2) is 56.4 Å². The fourth-order valence-electron chi connectivity index (χ4n) is 2.73. The third kappa shape index (κ3) is 3.33. The number of nitrogens with zero attached hydrogens (tertiary/aromatic N) is 1. The van der Waals surface area contributed by atoms with Gasteiger partial charge in [-0.15, -0.1) is 0 Å². The highest BCUT2D eigenvalue weighted by molar-refractivity contribution is 5.88. The number of benzene rings is 1. The van der Waals surface area contributed by atoms with Crippen LogP contribution in [0.25, 0.3) is 11.0 Å². The third-order valence-corrected chi connectivity index (χ3v) is 4.17. The Kier molecular flexibility index (Phi) is 3.93. The van der Waals surface area contributed by atoms with Crippen molar-refractivity contribution in [2.24, 2.45) is 0 Å². The van der Waals surface area contributed by atoms with Crippen molar-refractivity contribution in [3.63, 3.8) is 0 Å². The van der Waals surface area contributed by atoms with Gasteiger partial charge in [-0.1, -0.05) is 0 Å². The van der Waals surface area contributed by atoms with E-state index < -0.39 is 0 Å². The molecule has 2 saturated heterocycles. The Morgan fingerprint density at radius 1 is 1.30 bits per heavy atom. The van der Waals surface area contributed by atoms with Gasteiger partial charge in [0.1, 0.15) is 24.0 Å². The molecule has 6 heteroatoms. The van der Waals surface area contributed by atoms with E-state index in [0.717, 1.165) is 28.9 Å². The molecule has 0 bridgehead atoms. The lowest BCUT2D eigenvalue weighted by molar-refractivity contribution is -0.134. The summed E-state index contributed by atoms with van der Waals surface area (Å²) >= 11 is 0. The smallest absolute Gasteiger partial charge is 0.227 e. The molecule has 4 rings (SSSR count). The van der Waals surface area contributed by atoms with Gasteiger partial charge in [0.25, 0.3) is 0 Å². The van der Waals surface area contributed by atoms with E-state index in [1.165, 1.54) is 0 Å². The second-order valence-corrected chi connectivity index (χ2v) is 5.86. The van der Waals surface area contributed by atoms with Crippen LogP contribution < -0.4 is 4.74 Å². The normalized spacial score (nSPS) is 20.7. The molecule has 0 radical (unpaired) electrons. The van der Waals surface area contributed by atoms with Gasteiger partial charge in [0.2, 0.25) is 5.91 Å². The fraction of sp³-hybridized carbons (Fsp3) is 0.471. The molecule has 2 aliphatic rings. The van der Waals surface area contributed by atoms with Crippen LogP contribution >= 0.6 is 0 Å². The summed E-state index contributed by atoms with van der Waals surface area (Å²) in [5.74, 6) is 0.871. The first-order valence-electron chi connectivity index (χ1n) is 7.89. The van der Waals surface area contributed by atoms with Crippen LogP contribution in [0.3, 0.4) is 0 Å². The van der Waals surface area contributed by atoms with Crippen molar-refractivity contribution < 1.29 is 23.4 Å². The SMILES string of the molecule is O=C(Cc1coc2cc(OCC3CO3)ccc12)N1CCOCC1. The zero-order valence-electron chi connectivity index (χ0n) is 12.8. The highest BCUT2D eigenvalue weighted by Crippen LogP contribution is 2.27. The van der Waals surface area contributed by atoms with E-state index in [-0.39, 0.29) is 12.0 Å². The van der Waals surface area contributed by atoms with Gasteiger partial charge in [0, 0.05) is 30.1 Å². The van der Waals surface area contributed by atoms with Gasteiger partial charge in [-0.05, 0) is 12.1 Å². The number of morpholine rings is 1. The summed E-state index contributed by atoms with van der Waals surface area (Å²) in [6.45, 7) is 3.89. The molecule has 6 nitrogen and oxygen atoms in total. The van der Waals surface area contributed by atoms with Crippen molar-refractivity contribution in [1.82, 2.24) is 4.90 Å². The molecule has 0 aliphatic carbocycles. The van der Waals surface area contributed by atoms with E-state index in [9.17, 15) is 4.79 Å². The zero-order valence-corrected chi connectivity index (χ0v) is 12.8. The predicted octanol–water partition coefficient (Wildman–Crippen LogP) is 1.61. The van der Waals surface area contributed by atoms with Gasteiger partial charge in [-0.3, -0.25) is 4.79 Å². The monoisotopic (exact) mass is 317 g/mol. The van der Waals surface area contributed by atoms with E-state index in [1.807, 2.05) is 23.1 Å². The number of rotatable bonds is 5. The minimum Gasteiger partial charge on any atom is -0.491 e. The molecule has 122 valence electrons. The van der Waals surface area contributed by atoms with Crippen molar-refractivity contribution in [2.45, 2.75) is 12.5 Å². The second-order valence-electron chi connectivity index (χ2n) is 5.86. The number of epoxide rings is 1. The Morgan fingerprint density at radius 2 is 2.13 bits per heavy atom. The fourth-order valence-corrected chi connectivity index (χ4v) is 2.73. The van der Waals surface area contributed by atoms with Gasteiger partial charge in [-0.2, -0.15) is 0 Å².